The molecule has 1 fully saturated rings. The third-order valence-corrected chi connectivity index (χ3v) is 5.98. The van der Waals surface area contributed by atoms with Gasteiger partial charge in [0.1, 0.15) is 11.5 Å². The predicted octanol–water partition coefficient (Wildman–Crippen LogP) is 3.71. The molecule has 1 aromatic heterocycles. The maximum absolute atomic E-state index is 13.1. The second kappa shape index (κ2) is 7.25. The first-order valence-electron chi connectivity index (χ1n) is 10.1. The van der Waals surface area contributed by atoms with Crippen LogP contribution in [0.3, 0.4) is 0 Å². The highest BCUT2D eigenvalue weighted by molar-refractivity contribution is 6.03. The Bertz CT molecular complexity index is 935. The Morgan fingerprint density at radius 3 is 2.34 bits per heavy atom. The average Bonchev–Trinajstić information content (AvgIpc) is 3.02. The number of fused-ring (bicyclic) bond motifs is 1. The molecule has 0 spiro atoms. The lowest BCUT2D eigenvalue weighted by atomic mass is 9.76. The summed E-state index contributed by atoms with van der Waals surface area (Å²) in [5, 5.41) is 0. The van der Waals surface area contributed by atoms with Crippen LogP contribution in [-0.4, -0.2) is 49.9 Å². The molecule has 6 heteroatoms. The van der Waals surface area contributed by atoms with Gasteiger partial charge >= 0.3 is 0 Å². The van der Waals surface area contributed by atoms with Gasteiger partial charge in [-0.2, -0.15) is 0 Å². The van der Waals surface area contributed by atoms with Gasteiger partial charge in [0.05, 0.1) is 12.7 Å². The summed E-state index contributed by atoms with van der Waals surface area (Å²) in [4.78, 5) is 29.8. The van der Waals surface area contributed by atoms with E-state index in [9.17, 15) is 9.59 Å². The van der Waals surface area contributed by atoms with Crippen molar-refractivity contribution in [2.45, 2.75) is 33.6 Å². The zero-order valence-electron chi connectivity index (χ0n) is 17.6. The molecule has 154 valence electrons. The Morgan fingerprint density at radius 2 is 1.72 bits per heavy atom. The number of rotatable bonds is 3. The van der Waals surface area contributed by atoms with Crippen molar-refractivity contribution in [3.63, 3.8) is 0 Å². The Labute approximate surface area is 171 Å². The van der Waals surface area contributed by atoms with E-state index in [1.165, 1.54) is 0 Å². The largest absolute Gasteiger partial charge is 0.497 e. The molecule has 0 unspecified atom stereocenters. The van der Waals surface area contributed by atoms with Gasteiger partial charge in [0.25, 0.3) is 5.91 Å². The molecule has 2 aromatic rings. The molecule has 1 saturated heterocycles. The molecule has 1 amide bonds. The summed E-state index contributed by atoms with van der Waals surface area (Å²) in [6.07, 6.45) is 1.18. The van der Waals surface area contributed by atoms with Gasteiger partial charge in [-0.1, -0.05) is 13.8 Å². The van der Waals surface area contributed by atoms with Crippen LogP contribution in [0.15, 0.2) is 28.7 Å². The lowest BCUT2D eigenvalue weighted by Gasteiger charge is -2.35. The highest BCUT2D eigenvalue weighted by atomic mass is 16.5. The molecule has 1 aliphatic heterocycles. The van der Waals surface area contributed by atoms with E-state index in [1.807, 2.05) is 36.1 Å². The molecular weight excluding hydrogens is 368 g/mol. The molecule has 6 nitrogen and oxygen atoms in total. The van der Waals surface area contributed by atoms with Crippen molar-refractivity contribution >= 4 is 17.4 Å². The van der Waals surface area contributed by atoms with E-state index < -0.39 is 0 Å². The second-order valence-corrected chi connectivity index (χ2v) is 8.77. The third-order valence-electron chi connectivity index (χ3n) is 5.98. The topological polar surface area (TPSA) is 63.0 Å². The molecule has 0 saturated carbocycles. The van der Waals surface area contributed by atoms with E-state index in [0.29, 0.717) is 48.6 Å². The first kappa shape index (κ1) is 19.6. The predicted molar refractivity (Wildman–Crippen MR) is 111 cm³/mol. The van der Waals surface area contributed by atoms with Crippen LogP contribution in [-0.2, 0) is 6.42 Å². The van der Waals surface area contributed by atoms with Crippen molar-refractivity contribution in [1.82, 2.24) is 4.90 Å². The van der Waals surface area contributed by atoms with E-state index in [4.69, 9.17) is 9.15 Å². The van der Waals surface area contributed by atoms with Crippen LogP contribution in [0.4, 0.5) is 5.69 Å². The minimum absolute atomic E-state index is 0.0841. The number of hydrogen-bond acceptors (Lipinski definition) is 5. The summed E-state index contributed by atoms with van der Waals surface area (Å²) in [6.45, 7) is 8.70. The van der Waals surface area contributed by atoms with Gasteiger partial charge in [-0.15, -0.1) is 0 Å². The summed E-state index contributed by atoms with van der Waals surface area (Å²) in [7, 11) is 1.66. The summed E-state index contributed by atoms with van der Waals surface area (Å²) >= 11 is 0. The van der Waals surface area contributed by atoms with Crippen LogP contribution < -0.4 is 9.64 Å². The van der Waals surface area contributed by atoms with Crippen molar-refractivity contribution in [2.75, 3.05) is 38.2 Å². The van der Waals surface area contributed by atoms with Crippen LogP contribution in [0.2, 0.25) is 0 Å². The lowest BCUT2D eigenvalue weighted by molar-refractivity contribution is 0.0708. The number of Topliss-reactive ketones (excluding diaryl/α,β-unsaturated/α-hetero) is 1. The van der Waals surface area contributed by atoms with Gasteiger partial charge in [-0.25, -0.2) is 0 Å². The van der Waals surface area contributed by atoms with Gasteiger partial charge in [0.2, 0.25) is 0 Å². The average molecular weight is 396 g/mol. The quantitative estimate of drug-likeness (QED) is 0.791. The fraction of sp³-hybridized carbons (Fsp3) is 0.478. The zero-order chi connectivity index (χ0) is 20.8. The maximum Gasteiger partial charge on any atom is 0.289 e. The summed E-state index contributed by atoms with van der Waals surface area (Å²) in [5.74, 6) is 1.80. The fourth-order valence-corrected chi connectivity index (χ4v) is 4.39. The Morgan fingerprint density at radius 1 is 1.07 bits per heavy atom. The van der Waals surface area contributed by atoms with Crippen LogP contribution in [0.1, 0.15) is 52.5 Å². The number of carbonyl (C=O) groups is 2. The smallest absolute Gasteiger partial charge is 0.289 e. The van der Waals surface area contributed by atoms with Crippen LogP contribution in [0.5, 0.6) is 5.75 Å². The first-order chi connectivity index (χ1) is 13.8. The number of piperazine rings is 1. The van der Waals surface area contributed by atoms with E-state index in [-0.39, 0.29) is 17.1 Å². The van der Waals surface area contributed by atoms with Crippen molar-refractivity contribution < 1.29 is 18.7 Å². The minimum Gasteiger partial charge on any atom is -0.497 e. The number of furan rings is 1. The van der Waals surface area contributed by atoms with Crippen LogP contribution in [0, 0.1) is 12.3 Å². The van der Waals surface area contributed by atoms with E-state index in [1.54, 1.807) is 7.11 Å². The molecule has 29 heavy (non-hydrogen) atoms. The first-order valence-corrected chi connectivity index (χ1v) is 10.1. The fourth-order valence-electron chi connectivity index (χ4n) is 4.39. The van der Waals surface area contributed by atoms with E-state index in [2.05, 4.69) is 18.7 Å². The van der Waals surface area contributed by atoms with Gasteiger partial charge in [0, 0.05) is 50.3 Å². The highest BCUT2D eigenvalue weighted by Crippen LogP contribution is 2.38. The number of ketones is 1. The number of anilines is 1. The Balaban J connectivity index is 1.47. The monoisotopic (exact) mass is 396 g/mol. The van der Waals surface area contributed by atoms with Crippen LogP contribution >= 0.6 is 0 Å². The Hall–Kier alpha value is -2.76. The van der Waals surface area contributed by atoms with Crippen molar-refractivity contribution in [3.8, 4) is 5.75 Å². The number of carbonyl (C=O) groups excluding carboxylic acids is 2. The number of nitrogens with zero attached hydrogens (tertiary/aromatic N) is 2. The molecular formula is C23H28N2O4. The summed E-state index contributed by atoms with van der Waals surface area (Å²) in [5.41, 5.74) is 2.32. The van der Waals surface area contributed by atoms with Crippen molar-refractivity contribution in [3.05, 3.63) is 46.9 Å². The lowest BCUT2D eigenvalue weighted by Crippen LogP contribution is -2.48. The molecule has 0 N–H and O–H groups in total. The molecule has 0 radical (unpaired) electrons. The van der Waals surface area contributed by atoms with E-state index >= 15 is 0 Å². The normalized spacial score (nSPS) is 18.6. The molecule has 4 rings (SSSR count). The van der Waals surface area contributed by atoms with Gasteiger partial charge in [-0.05, 0) is 36.6 Å². The maximum atomic E-state index is 13.1. The third kappa shape index (κ3) is 3.63. The summed E-state index contributed by atoms with van der Waals surface area (Å²) in [6, 6.07) is 7.97. The molecule has 0 atom stereocenters. The number of ether oxygens (including phenoxy) is 1. The molecule has 1 aromatic carbocycles. The highest BCUT2D eigenvalue weighted by Gasteiger charge is 2.38. The SMILES string of the molecule is COc1ccc(N2CCN(C(=O)c3oc4c(c3C)C(=O)CC(C)(C)C4)CC2)cc1. The summed E-state index contributed by atoms with van der Waals surface area (Å²) < 4.78 is 11.2. The zero-order valence-corrected chi connectivity index (χ0v) is 17.6. The standard InChI is InChI=1S/C23H28N2O4/c1-15-20-18(26)13-23(2,3)14-19(20)29-21(15)22(27)25-11-9-24(10-12-25)16-5-7-17(28-4)8-6-16/h5-8H,9-14H2,1-4H3. The van der Waals surface area contributed by atoms with Crippen molar-refractivity contribution in [1.29, 1.82) is 0 Å². The number of hydrogen-bond donors (Lipinski definition) is 0. The van der Waals surface area contributed by atoms with Crippen LogP contribution in [0.25, 0.3) is 0 Å². The number of methoxy groups -OCH3 is 1. The second-order valence-electron chi connectivity index (χ2n) is 8.77. The molecule has 2 heterocycles. The number of amides is 1. The molecule has 0 bridgehead atoms. The van der Waals surface area contributed by atoms with E-state index in [0.717, 1.165) is 24.5 Å². The Kier molecular flexibility index (Phi) is 4.89. The minimum atomic E-state index is -0.126. The van der Waals surface area contributed by atoms with Crippen molar-refractivity contribution in [2.24, 2.45) is 5.41 Å². The molecule has 2 aliphatic rings. The van der Waals surface area contributed by atoms with Gasteiger partial charge in [0.15, 0.2) is 11.5 Å². The molecule has 1 aliphatic carbocycles. The number of benzene rings is 1. The van der Waals surface area contributed by atoms with Gasteiger partial charge < -0.3 is 19.0 Å². The van der Waals surface area contributed by atoms with Gasteiger partial charge in [-0.3, -0.25) is 9.59 Å².